The average molecular weight is 203 g/mol. The fraction of sp³-hybridized carbons (Fsp3) is 0.778. The molecule has 0 bridgehead atoms. The number of carboxylic acid groups (broad SMARTS) is 2. The molecule has 0 saturated carbocycles. The maximum absolute atomic E-state index is 11.0. The Morgan fingerprint density at radius 1 is 1.14 bits per heavy atom. The number of aliphatic carboxylic acids is 2. The summed E-state index contributed by atoms with van der Waals surface area (Å²) in [6, 6.07) is 0. The van der Waals surface area contributed by atoms with E-state index >= 15 is 0 Å². The maximum atomic E-state index is 11.0. The van der Waals surface area contributed by atoms with Crippen molar-refractivity contribution in [3.8, 4) is 0 Å². The predicted octanol–water partition coefficient (Wildman–Crippen LogP) is 0.535. The molecule has 82 valence electrons. The van der Waals surface area contributed by atoms with Crippen LogP contribution in [0.25, 0.3) is 0 Å². The molecule has 0 aliphatic heterocycles. The first-order chi connectivity index (χ1) is 6.01. The average Bonchev–Trinajstić information content (AvgIpc) is 1.79. The number of nitrogens with two attached hydrogens (primary N) is 1. The van der Waals surface area contributed by atoms with E-state index in [0.29, 0.717) is 0 Å². The maximum Gasteiger partial charge on any atom is 0.324 e. The molecular formula is C9H17NO4. The van der Waals surface area contributed by atoms with Crippen molar-refractivity contribution in [2.75, 3.05) is 0 Å². The Morgan fingerprint density at radius 3 is 1.57 bits per heavy atom. The summed E-state index contributed by atoms with van der Waals surface area (Å²) in [5, 5.41) is 17.8. The van der Waals surface area contributed by atoms with Gasteiger partial charge in [0.15, 0.2) is 0 Å². The van der Waals surface area contributed by atoms with Gasteiger partial charge in [0.2, 0.25) is 0 Å². The molecule has 2 unspecified atom stereocenters. The molecule has 0 spiro atoms. The van der Waals surface area contributed by atoms with Gasteiger partial charge >= 0.3 is 11.9 Å². The Labute approximate surface area is 82.9 Å². The minimum Gasteiger partial charge on any atom is -0.481 e. The van der Waals surface area contributed by atoms with Crippen LogP contribution in [0.3, 0.4) is 0 Å². The van der Waals surface area contributed by atoms with Crippen molar-refractivity contribution in [3.05, 3.63) is 0 Å². The van der Waals surface area contributed by atoms with E-state index in [9.17, 15) is 9.59 Å². The van der Waals surface area contributed by atoms with E-state index in [1.165, 1.54) is 6.92 Å². The quantitative estimate of drug-likeness (QED) is 0.621. The van der Waals surface area contributed by atoms with Crippen LogP contribution >= 0.6 is 0 Å². The Bertz CT molecular complexity index is 252. The molecule has 0 saturated heterocycles. The summed E-state index contributed by atoms with van der Waals surface area (Å²) >= 11 is 0. The molecule has 0 aliphatic carbocycles. The molecule has 0 fully saturated rings. The molecule has 0 aromatic rings. The summed E-state index contributed by atoms with van der Waals surface area (Å²) < 4.78 is 0. The number of carbonyl (C=O) groups is 2. The number of hydrogen-bond donors (Lipinski definition) is 3. The number of rotatable bonds is 3. The molecule has 5 nitrogen and oxygen atoms in total. The van der Waals surface area contributed by atoms with Gasteiger partial charge in [-0.2, -0.15) is 0 Å². The van der Waals surface area contributed by atoms with Gasteiger partial charge in [0, 0.05) is 0 Å². The SMILES string of the molecule is CC(C)(C)C(C(=O)O)C(C)(N)C(=O)O. The monoisotopic (exact) mass is 203 g/mol. The van der Waals surface area contributed by atoms with Crippen LogP contribution in [0.2, 0.25) is 0 Å². The number of carboxylic acids is 2. The summed E-state index contributed by atoms with van der Waals surface area (Å²) in [6.07, 6.45) is 0. The van der Waals surface area contributed by atoms with Crippen LogP contribution < -0.4 is 5.73 Å². The zero-order chi connectivity index (χ0) is 11.7. The molecule has 0 aromatic heterocycles. The molecule has 0 aromatic carbocycles. The Balaban J connectivity index is 5.24. The number of hydrogen-bond acceptors (Lipinski definition) is 3. The van der Waals surface area contributed by atoms with E-state index in [0.717, 1.165) is 0 Å². The van der Waals surface area contributed by atoms with E-state index in [4.69, 9.17) is 15.9 Å². The van der Waals surface area contributed by atoms with E-state index < -0.39 is 28.8 Å². The molecule has 4 N–H and O–H groups in total. The van der Waals surface area contributed by atoms with Crippen LogP contribution in [0.1, 0.15) is 27.7 Å². The van der Waals surface area contributed by atoms with Crippen LogP contribution in [-0.2, 0) is 9.59 Å². The lowest BCUT2D eigenvalue weighted by molar-refractivity contribution is -0.159. The first-order valence-corrected chi connectivity index (χ1v) is 4.26. The predicted molar refractivity (Wildman–Crippen MR) is 50.8 cm³/mol. The highest BCUT2D eigenvalue weighted by atomic mass is 16.4. The second-order valence-corrected chi connectivity index (χ2v) is 4.73. The van der Waals surface area contributed by atoms with Crippen molar-refractivity contribution in [1.82, 2.24) is 0 Å². The molecule has 0 rings (SSSR count). The minimum absolute atomic E-state index is 0.701. The van der Waals surface area contributed by atoms with E-state index in [1.807, 2.05) is 0 Å². The van der Waals surface area contributed by atoms with Crippen LogP contribution in [0.5, 0.6) is 0 Å². The van der Waals surface area contributed by atoms with Gasteiger partial charge in [-0.25, -0.2) is 0 Å². The second kappa shape index (κ2) is 3.57. The molecule has 5 heteroatoms. The highest BCUT2D eigenvalue weighted by Gasteiger charge is 2.48. The third-order valence-electron chi connectivity index (χ3n) is 2.17. The largest absolute Gasteiger partial charge is 0.481 e. The van der Waals surface area contributed by atoms with Crippen LogP contribution in [0.4, 0.5) is 0 Å². The van der Waals surface area contributed by atoms with Gasteiger partial charge < -0.3 is 15.9 Å². The lowest BCUT2D eigenvalue weighted by atomic mass is 9.70. The highest BCUT2D eigenvalue weighted by molar-refractivity contribution is 5.86. The van der Waals surface area contributed by atoms with Crippen molar-refractivity contribution in [3.63, 3.8) is 0 Å². The zero-order valence-electron chi connectivity index (χ0n) is 8.87. The summed E-state index contributed by atoms with van der Waals surface area (Å²) in [5.74, 6) is -3.63. The molecule has 0 aliphatic rings. The minimum atomic E-state index is -1.76. The third-order valence-corrected chi connectivity index (χ3v) is 2.17. The molecule has 2 atom stereocenters. The van der Waals surface area contributed by atoms with Gasteiger partial charge in [0.1, 0.15) is 5.54 Å². The standard InChI is InChI=1S/C9H17NO4/c1-8(2,3)5(6(11)12)9(4,10)7(13)14/h5H,10H2,1-4H3,(H,11,12)(H,13,14). The van der Waals surface area contributed by atoms with Crippen molar-refractivity contribution in [2.24, 2.45) is 17.1 Å². The Hall–Kier alpha value is -1.10. The smallest absolute Gasteiger partial charge is 0.324 e. The first kappa shape index (κ1) is 12.9. The van der Waals surface area contributed by atoms with E-state index in [-0.39, 0.29) is 0 Å². The van der Waals surface area contributed by atoms with E-state index in [1.54, 1.807) is 20.8 Å². The molecule has 14 heavy (non-hydrogen) atoms. The Kier molecular flexibility index (Phi) is 3.29. The molecule has 0 amide bonds. The molecule has 0 heterocycles. The zero-order valence-corrected chi connectivity index (χ0v) is 8.87. The van der Waals surface area contributed by atoms with Crippen LogP contribution in [0.15, 0.2) is 0 Å². The normalized spacial score (nSPS) is 18.4. The van der Waals surface area contributed by atoms with Crippen molar-refractivity contribution >= 4 is 11.9 Å². The summed E-state index contributed by atoms with van der Waals surface area (Å²) in [6.45, 7) is 6.18. The second-order valence-electron chi connectivity index (χ2n) is 4.73. The van der Waals surface area contributed by atoms with Crippen molar-refractivity contribution in [2.45, 2.75) is 33.2 Å². The van der Waals surface area contributed by atoms with Crippen LogP contribution in [-0.4, -0.2) is 27.7 Å². The van der Waals surface area contributed by atoms with Gasteiger partial charge in [0.25, 0.3) is 0 Å². The van der Waals surface area contributed by atoms with Crippen molar-refractivity contribution in [1.29, 1.82) is 0 Å². The summed E-state index contributed by atoms with van der Waals surface area (Å²) in [4.78, 5) is 21.8. The lowest BCUT2D eigenvalue weighted by Gasteiger charge is -2.36. The lowest BCUT2D eigenvalue weighted by Crippen LogP contribution is -2.58. The van der Waals surface area contributed by atoms with Gasteiger partial charge in [-0.3, -0.25) is 9.59 Å². The van der Waals surface area contributed by atoms with Gasteiger partial charge in [-0.1, -0.05) is 20.8 Å². The van der Waals surface area contributed by atoms with Crippen LogP contribution in [0, 0.1) is 11.3 Å². The fourth-order valence-corrected chi connectivity index (χ4v) is 1.65. The van der Waals surface area contributed by atoms with E-state index in [2.05, 4.69) is 0 Å². The topological polar surface area (TPSA) is 101 Å². The first-order valence-electron chi connectivity index (χ1n) is 4.26. The van der Waals surface area contributed by atoms with Crippen molar-refractivity contribution < 1.29 is 19.8 Å². The molecule has 0 radical (unpaired) electrons. The highest BCUT2D eigenvalue weighted by Crippen LogP contribution is 2.33. The molecular weight excluding hydrogens is 186 g/mol. The third kappa shape index (κ3) is 2.45. The van der Waals surface area contributed by atoms with Gasteiger partial charge in [-0.15, -0.1) is 0 Å². The summed E-state index contributed by atoms with van der Waals surface area (Å²) in [5.41, 5.74) is 3.05. The Morgan fingerprint density at radius 2 is 1.50 bits per heavy atom. The fourth-order valence-electron chi connectivity index (χ4n) is 1.65. The summed E-state index contributed by atoms with van der Waals surface area (Å²) in [7, 11) is 0. The van der Waals surface area contributed by atoms with Gasteiger partial charge in [0.05, 0.1) is 5.92 Å². The van der Waals surface area contributed by atoms with Gasteiger partial charge in [-0.05, 0) is 12.3 Å².